The minimum atomic E-state index is -0.286. The number of benzene rings is 1. The number of para-hydroxylation sites is 1. The first-order valence-electron chi connectivity index (χ1n) is 6.03. The average molecular weight is 268 g/mol. The topological polar surface area (TPSA) is 69.9 Å². The maximum Gasteiger partial charge on any atom is 0.309 e. The molecule has 0 saturated heterocycles. The molecule has 0 fully saturated rings. The molecule has 3 rings (SSSR count). The van der Waals surface area contributed by atoms with Crippen LogP contribution >= 0.6 is 0 Å². The van der Waals surface area contributed by atoms with E-state index in [1.54, 1.807) is 25.6 Å². The summed E-state index contributed by atoms with van der Waals surface area (Å²) in [7, 11) is 3.05. The number of aryl methyl sites for hydroxylation is 1. The summed E-state index contributed by atoms with van der Waals surface area (Å²) in [5.41, 5.74) is 2.57. The van der Waals surface area contributed by atoms with Crippen molar-refractivity contribution < 1.29 is 4.74 Å². The van der Waals surface area contributed by atoms with Gasteiger partial charge >= 0.3 is 5.56 Å². The van der Waals surface area contributed by atoms with Crippen LogP contribution in [0.1, 0.15) is 0 Å². The lowest BCUT2D eigenvalue weighted by Gasteiger charge is -2.10. The van der Waals surface area contributed by atoms with Gasteiger partial charge in [-0.25, -0.2) is 4.68 Å². The number of nitrogens with zero attached hydrogens (tertiary/aromatic N) is 4. The van der Waals surface area contributed by atoms with Crippen LogP contribution in [-0.2, 0) is 7.05 Å². The molecule has 20 heavy (non-hydrogen) atoms. The Morgan fingerprint density at radius 2 is 1.95 bits per heavy atom. The quantitative estimate of drug-likeness (QED) is 0.702. The Morgan fingerprint density at radius 1 is 1.15 bits per heavy atom. The van der Waals surface area contributed by atoms with E-state index in [4.69, 9.17) is 4.74 Å². The first-order chi connectivity index (χ1) is 9.72. The first-order valence-corrected chi connectivity index (χ1v) is 6.03. The van der Waals surface area contributed by atoms with Crippen molar-refractivity contribution in [2.45, 2.75) is 0 Å². The van der Waals surface area contributed by atoms with Crippen molar-refractivity contribution in [2.24, 2.45) is 7.05 Å². The summed E-state index contributed by atoms with van der Waals surface area (Å²) in [6.45, 7) is 0. The maximum atomic E-state index is 12.1. The summed E-state index contributed by atoms with van der Waals surface area (Å²) < 4.78 is 6.47. The molecule has 2 heterocycles. The zero-order valence-electron chi connectivity index (χ0n) is 11.1. The molecule has 0 aliphatic rings. The van der Waals surface area contributed by atoms with E-state index in [1.165, 1.54) is 11.8 Å². The Bertz CT molecular complexity index is 837. The fourth-order valence-electron chi connectivity index (χ4n) is 2.12. The zero-order valence-corrected chi connectivity index (χ0v) is 11.1. The van der Waals surface area contributed by atoms with Crippen LogP contribution in [0.4, 0.5) is 0 Å². The number of ether oxygens (including phenoxy) is 1. The predicted molar refractivity (Wildman–Crippen MR) is 74.6 cm³/mol. The minimum Gasteiger partial charge on any atom is -0.491 e. The molecule has 3 aromatic rings. The molecule has 0 amide bonds. The Kier molecular flexibility index (Phi) is 2.90. The number of hydrogen-bond acceptors (Lipinski definition) is 5. The number of hydrogen-bond donors (Lipinski definition) is 0. The predicted octanol–water partition coefficient (Wildman–Crippen LogP) is 1.40. The fourth-order valence-corrected chi connectivity index (χ4v) is 2.12. The fraction of sp³-hybridized carbons (Fsp3) is 0.143. The van der Waals surface area contributed by atoms with Crippen LogP contribution in [0.3, 0.4) is 0 Å². The van der Waals surface area contributed by atoms with Crippen LogP contribution in [0.15, 0.2) is 41.6 Å². The van der Waals surface area contributed by atoms with E-state index in [9.17, 15) is 4.79 Å². The Labute approximate surface area is 114 Å². The summed E-state index contributed by atoms with van der Waals surface area (Å²) in [5, 5.41) is 4.05. The molecule has 1 aromatic carbocycles. The van der Waals surface area contributed by atoms with Crippen molar-refractivity contribution in [2.75, 3.05) is 7.11 Å². The highest BCUT2D eigenvalue weighted by Crippen LogP contribution is 2.30. The van der Waals surface area contributed by atoms with Crippen LogP contribution in [-0.4, -0.2) is 26.9 Å². The van der Waals surface area contributed by atoms with Crippen molar-refractivity contribution in [1.82, 2.24) is 19.7 Å². The van der Waals surface area contributed by atoms with E-state index in [-0.39, 0.29) is 11.3 Å². The van der Waals surface area contributed by atoms with Crippen molar-refractivity contribution in [3.8, 4) is 16.9 Å². The zero-order chi connectivity index (χ0) is 14.1. The molecule has 2 aromatic heterocycles. The molecule has 6 heteroatoms. The highest BCUT2D eigenvalue weighted by molar-refractivity contribution is 5.92. The van der Waals surface area contributed by atoms with E-state index in [0.717, 1.165) is 11.1 Å². The minimum absolute atomic E-state index is 0.251. The van der Waals surface area contributed by atoms with E-state index in [1.807, 2.05) is 18.2 Å². The third-order valence-electron chi connectivity index (χ3n) is 3.09. The third kappa shape index (κ3) is 1.82. The van der Waals surface area contributed by atoms with Gasteiger partial charge in [0.05, 0.1) is 29.9 Å². The van der Waals surface area contributed by atoms with Gasteiger partial charge in [-0.1, -0.05) is 12.1 Å². The highest BCUT2D eigenvalue weighted by Gasteiger charge is 2.15. The molecular formula is C14H12N4O2. The van der Waals surface area contributed by atoms with E-state index < -0.39 is 0 Å². The van der Waals surface area contributed by atoms with Gasteiger partial charge in [-0.2, -0.15) is 5.10 Å². The molecular weight excluding hydrogens is 256 g/mol. The first kappa shape index (κ1) is 12.3. The lowest BCUT2D eigenvalue weighted by molar-refractivity contribution is 0.402. The van der Waals surface area contributed by atoms with Crippen molar-refractivity contribution in [3.05, 3.63) is 47.1 Å². The Balaban J connectivity index is 2.37. The smallest absolute Gasteiger partial charge is 0.309 e. The van der Waals surface area contributed by atoms with Gasteiger partial charge in [-0.15, -0.1) is 0 Å². The van der Waals surface area contributed by atoms with Gasteiger partial charge in [0.1, 0.15) is 0 Å². The van der Waals surface area contributed by atoms with Gasteiger partial charge in [0.25, 0.3) is 0 Å². The van der Waals surface area contributed by atoms with Crippen LogP contribution in [0.5, 0.6) is 5.75 Å². The SMILES string of the molecule is COc1c(-c2cccc3nccnc23)cnn(C)c1=O. The summed E-state index contributed by atoms with van der Waals surface area (Å²) >= 11 is 0. The lowest BCUT2D eigenvalue weighted by Crippen LogP contribution is -2.21. The van der Waals surface area contributed by atoms with Crippen molar-refractivity contribution in [3.63, 3.8) is 0 Å². The molecule has 0 N–H and O–H groups in total. The molecule has 0 spiro atoms. The molecule has 100 valence electrons. The average Bonchev–Trinajstić information content (AvgIpc) is 2.49. The van der Waals surface area contributed by atoms with Crippen LogP contribution in [0.25, 0.3) is 22.2 Å². The van der Waals surface area contributed by atoms with E-state index in [2.05, 4.69) is 15.1 Å². The van der Waals surface area contributed by atoms with Gasteiger partial charge in [0, 0.05) is 25.0 Å². The number of fused-ring (bicyclic) bond motifs is 1. The van der Waals surface area contributed by atoms with E-state index >= 15 is 0 Å². The third-order valence-corrected chi connectivity index (χ3v) is 3.09. The van der Waals surface area contributed by atoms with Gasteiger partial charge in [-0.3, -0.25) is 14.8 Å². The summed E-state index contributed by atoms with van der Waals surface area (Å²) in [5.74, 6) is 0.251. The van der Waals surface area contributed by atoms with Gasteiger partial charge in [0.15, 0.2) is 5.75 Å². The van der Waals surface area contributed by atoms with Gasteiger partial charge in [-0.05, 0) is 6.07 Å². The molecule has 0 aliphatic carbocycles. The molecule has 0 radical (unpaired) electrons. The molecule has 0 atom stereocenters. The van der Waals surface area contributed by atoms with Crippen LogP contribution in [0.2, 0.25) is 0 Å². The number of rotatable bonds is 2. The number of methoxy groups -OCH3 is 1. The Hall–Kier alpha value is -2.76. The van der Waals surface area contributed by atoms with Crippen LogP contribution in [0, 0.1) is 0 Å². The summed E-state index contributed by atoms with van der Waals surface area (Å²) in [4.78, 5) is 20.7. The Morgan fingerprint density at radius 3 is 2.75 bits per heavy atom. The second-order valence-electron chi connectivity index (χ2n) is 4.25. The molecule has 6 nitrogen and oxygen atoms in total. The second kappa shape index (κ2) is 4.73. The second-order valence-corrected chi connectivity index (χ2v) is 4.25. The van der Waals surface area contributed by atoms with Crippen LogP contribution < -0.4 is 10.3 Å². The number of aromatic nitrogens is 4. The standard InChI is InChI=1S/C14H12N4O2/c1-18-14(19)13(20-2)10(8-17-18)9-4-3-5-11-12(9)16-7-6-15-11/h3-8H,1-2H3. The maximum absolute atomic E-state index is 12.1. The van der Waals surface area contributed by atoms with Crippen molar-refractivity contribution in [1.29, 1.82) is 0 Å². The molecule has 0 aliphatic heterocycles. The van der Waals surface area contributed by atoms with Crippen molar-refractivity contribution >= 4 is 11.0 Å². The highest BCUT2D eigenvalue weighted by atomic mass is 16.5. The summed E-state index contributed by atoms with van der Waals surface area (Å²) in [6, 6.07) is 5.60. The normalized spacial score (nSPS) is 10.7. The lowest BCUT2D eigenvalue weighted by atomic mass is 10.1. The molecule has 0 saturated carbocycles. The van der Waals surface area contributed by atoms with E-state index in [0.29, 0.717) is 11.1 Å². The monoisotopic (exact) mass is 268 g/mol. The van der Waals surface area contributed by atoms with Gasteiger partial charge < -0.3 is 4.74 Å². The largest absolute Gasteiger partial charge is 0.491 e. The summed E-state index contributed by atoms with van der Waals surface area (Å²) in [6.07, 6.45) is 4.85. The van der Waals surface area contributed by atoms with Gasteiger partial charge in [0.2, 0.25) is 0 Å². The molecule has 0 bridgehead atoms. The molecule has 0 unspecified atom stereocenters.